The van der Waals surface area contributed by atoms with Gasteiger partial charge in [0.05, 0.1) is 6.04 Å². The molecule has 4 heteroatoms. The summed E-state index contributed by atoms with van der Waals surface area (Å²) in [4.78, 5) is 13.8. The summed E-state index contributed by atoms with van der Waals surface area (Å²) in [6.45, 7) is 3.81. The van der Waals surface area contributed by atoms with Crippen molar-refractivity contribution in [3.63, 3.8) is 0 Å². The quantitative estimate of drug-likeness (QED) is 0.849. The molecule has 1 saturated heterocycles. The zero-order valence-corrected chi connectivity index (χ0v) is 10.9. The van der Waals surface area contributed by atoms with Gasteiger partial charge in [0.25, 0.3) is 0 Å². The number of nitrogens with one attached hydrogen (secondary N) is 1. The maximum Gasteiger partial charge on any atom is 0.223 e. The van der Waals surface area contributed by atoms with Crippen LogP contribution in [-0.2, 0) is 4.79 Å². The van der Waals surface area contributed by atoms with E-state index in [0.717, 1.165) is 18.7 Å². The molecule has 18 heavy (non-hydrogen) atoms. The normalized spacial score (nSPS) is 17.0. The molecule has 1 aliphatic rings. The standard InChI is InChI=1S/C14H20N2O2/c1-10(12-5-3-4-6-13(12)17)16(2)14(18)7-11-8-15-9-11/h3-6,10-11,15,17H,7-9H2,1-2H3. The zero-order valence-electron chi connectivity index (χ0n) is 10.9. The number of phenolic OH excluding ortho intramolecular Hbond substituents is 1. The van der Waals surface area contributed by atoms with Crippen molar-refractivity contribution in [2.75, 3.05) is 20.1 Å². The number of benzene rings is 1. The Morgan fingerprint density at radius 1 is 1.50 bits per heavy atom. The molecule has 4 nitrogen and oxygen atoms in total. The summed E-state index contributed by atoms with van der Waals surface area (Å²) >= 11 is 0. The first kappa shape index (κ1) is 12.9. The first-order chi connectivity index (χ1) is 8.59. The Kier molecular flexibility index (Phi) is 3.87. The second-order valence-electron chi connectivity index (χ2n) is 4.97. The SMILES string of the molecule is CC(c1ccccc1O)N(C)C(=O)CC1CNC1. The van der Waals surface area contributed by atoms with Gasteiger partial charge in [-0.15, -0.1) is 0 Å². The van der Waals surface area contributed by atoms with Crippen LogP contribution in [0.3, 0.4) is 0 Å². The van der Waals surface area contributed by atoms with E-state index in [1.165, 1.54) is 0 Å². The molecule has 2 rings (SSSR count). The molecule has 0 radical (unpaired) electrons. The average molecular weight is 248 g/mol. The highest BCUT2D eigenvalue weighted by molar-refractivity contribution is 5.77. The lowest BCUT2D eigenvalue weighted by Gasteiger charge is -2.31. The summed E-state index contributed by atoms with van der Waals surface area (Å²) in [7, 11) is 1.80. The molecule has 1 heterocycles. The summed E-state index contributed by atoms with van der Waals surface area (Å²) in [5.74, 6) is 0.851. The first-order valence-corrected chi connectivity index (χ1v) is 6.34. The smallest absolute Gasteiger partial charge is 0.223 e. The van der Waals surface area contributed by atoms with Crippen LogP contribution in [0.15, 0.2) is 24.3 Å². The second kappa shape index (κ2) is 5.40. The summed E-state index contributed by atoms with van der Waals surface area (Å²) in [5.41, 5.74) is 0.792. The fourth-order valence-corrected chi connectivity index (χ4v) is 2.15. The molecule has 1 aromatic carbocycles. The molecule has 1 atom stereocenters. The van der Waals surface area contributed by atoms with Crippen LogP contribution in [-0.4, -0.2) is 36.1 Å². The average Bonchev–Trinajstić information content (AvgIpc) is 2.32. The minimum Gasteiger partial charge on any atom is -0.508 e. The highest BCUT2D eigenvalue weighted by Gasteiger charge is 2.25. The highest BCUT2D eigenvalue weighted by atomic mass is 16.3. The Bertz CT molecular complexity index is 430. The lowest BCUT2D eigenvalue weighted by Crippen LogP contribution is -2.45. The van der Waals surface area contributed by atoms with Crippen LogP contribution < -0.4 is 5.32 Å². The number of phenols is 1. The van der Waals surface area contributed by atoms with E-state index >= 15 is 0 Å². The van der Waals surface area contributed by atoms with Crippen molar-refractivity contribution in [3.8, 4) is 5.75 Å². The number of para-hydroxylation sites is 1. The van der Waals surface area contributed by atoms with Crippen LogP contribution >= 0.6 is 0 Å². The number of nitrogens with zero attached hydrogens (tertiary/aromatic N) is 1. The number of aromatic hydroxyl groups is 1. The third-order valence-corrected chi connectivity index (χ3v) is 3.69. The molecule has 0 saturated carbocycles. The molecule has 0 spiro atoms. The van der Waals surface area contributed by atoms with Gasteiger partial charge in [0, 0.05) is 19.0 Å². The number of carbonyl (C=O) groups excluding carboxylic acids is 1. The van der Waals surface area contributed by atoms with E-state index in [1.54, 1.807) is 24.1 Å². The summed E-state index contributed by atoms with van der Waals surface area (Å²) < 4.78 is 0. The minimum atomic E-state index is -0.105. The molecule has 0 bridgehead atoms. The fraction of sp³-hybridized carbons (Fsp3) is 0.500. The van der Waals surface area contributed by atoms with E-state index in [0.29, 0.717) is 12.3 Å². The molecule has 1 fully saturated rings. The van der Waals surface area contributed by atoms with Crippen LogP contribution in [0.5, 0.6) is 5.75 Å². The van der Waals surface area contributed by atoms with E-state index in [-0.39, 0.29) is 17.7 Å². The maximum atomic E-state index is 12.1. The van der Waals surface area contributed by atoms with Gasteiger partial charge in [-0.25, -0.2) is 0 Å². The van der Waals surface area contributed by atoms with E-state index in [1.807, 2.05) is 19.1 Å². The van der Waals surface area contributed by atoms with Gasteiger partial charge in [0.1, 0.15) is 5.75 Å². The van der Waals surface area contributed by atoms with Crippen molar-refractivity contribution in [3.05, 3.63) is 29.8 Å². The number of hydrogen-bond acceptors (Lipinski definition) is 3. The van der Waals surface area contributed by atoms with Crippen LogP contribution in [0.4, 0.5) is 0 Å². The second-order valence-corrected chi connectivity index (χ2v) is 4.97. The Morgan fingerprint density at radius 3 is 2.72 bits per heavy atom. The molecule has 1 unspecified atom stereocenters. The largest absolute Gasteiger partial charge is 0.508 e. The number of amides is 1. The third-order valence-electron chi connectivity index (χ3n) is 3.69. The number of rotatable bonds is 4. The molecular formula is C14H20N2O2. The van der Waals surface area contributed by atoms with Gasteiger partial charge in [0.2, 0.25) is 5.91 Å². The molecule has 0 aromatic heterocycles. The van der Waals surface area contributed by atoms with E-state index in [2.05, 4.69) is 5.32 Å². The molecule has 1 aliphatic heterocycles. The Morgan fingerprint density at radius 2 is 2.17 bits per heavy atom. The molecule has 2 N–H and O–H groups in total. The first-order valence-electron chi connectivity index (χ1n) is 6.34. The molecule has 1 aromatic rings. The minimum absolute atomic E-state index is 0.105. The molecule has 0 aliphatic carbocycles. The Balaban J connectivity index is 2.01. The van der Waals surface area contributed by atoms with Crippen LogP contribution in [0.2, 0.25) is 0 Å². The predicted octanol–water partition coefficient (Wildman–Crippen LogP) is 1.52. The van der Waals surface area contributed by atoms with Gasteiger partial charge in [-0.3, -0.25) is 4.79 Å². The van der Waals surface area contributed by atoms with Crippen LogP contribution in [0.1, 0.15) is 24.9 Å². The van der Waals surface area contributed by atoms with E-state index in [9.17, 15) is 9.90 Å². The highest BCUT2D eigenvalue weighted by Crippen LogP contribution is 2.28. The van der Waals surface area contributed by atoms with Crippen LogP contribution in [0, 0.1) is 5.92 Å². The third kappa shape index (κ3) is 2.64. The van der Waals surface area contributed by atoms with Gasteiger partial charge >= 0.3 is 0 Å². The monoisotopic (exact) mass is 248 g/mol. The van der Waals surface area contributed by atoms with Crippen molar-refractivity contribution in [1.82, 2.24) is 10.2 Å². The topological polar surface area (TPSA) is 52.6 Å². The summed E-state index contributed by atoms with van der Waals surface area (Å²) in [6.07, 6.45) is 0.585. The molecular weight excluding hydrogens is 228 g/mol. The summed E-state index contributed by atoms with van der Waals surface area (Å²) in [5, 5.41) is 13.0. The van der Waals surface area contributed by atoms with Crippen molar-refractivity contribution in [1.29, 1.82) is 0 Å². The number of carbonyl (C=O) groups is 1. The summed E-state index contributed by atoms with van der Waals surface area (Å²) in [6, 6.07) is 7.06. The van der Waals surface area contributed by atoms with Crippen LogP contribution in [0.25, 0.3) is 0 Å². The zero-order chi connectivity index (χ0) is 13.1. The van der Waals surface area contributed by atoms with Crippen molar-refractivity contribution in [2.45, 2.75) is 19.4 Å². The predicted molar refractivity (Wildman–Crippen MR) is 70.3 cm³/mol. The molecule has 1 amide bonds. The Labute approximate surface area is 108 Å². The van der Waals surface area contributed by atoms with Crippen molar-refractivity contribution < 1.29 is 9.90 Å². The van der Waals surface area contributed by atoms with Gasteiger partial charge in [0.15, 0.2) is 0 Å². The van der Waals surface area contributed by atoms with Gasteiger partial charge in [-0.05, 0) is 32.0 Å². The van der Waals surface area contributed by atoms with Crippen molar-refractivity contribution in [2.24, 2.45) is 5.92 Å². The van der Waals surface area contributed by atoms with Gasteiger partial charge in [-0.1, -0.05) is 18.2 Å². The maximum absolute atomic E-state index is 12.1. The van der Waals surface area contributed by atoms with Gasteiger partial charge in [-0.2, -0.15) is 0 Å². The van der Waals surface area contributed by atoms with Gasteiger partial charge < -0.3 is 15.3 Å². The van der Waals surface area contributed by atoms with E-state index < -0.39 is 0 Å². The lowest BCUT2D eigenvalue weighted by atomic mass is 9.98. The number of hydrogen-bond donors (Lipinski definition) is 2. The lowest BCUT2D eigenvalue weighted by molar-refractivity contribution is -0.133. The van der Waals surface area contributed by atoms with Crippen molar-refractivity contribution >= 4 is 5.91 Å². The molecule has 98 valence electrons. The fourth-order valence-electron chi connectivity index (χ4n) is 2.15. The van der Waals surface area contributed by atoms with E-state index in [4.69, 9.17) is 0 Å². The Hall–Kier alpha value is -1.55.